The summed E-state index contributed by atoms with van der Waals surface area (Å²) in [4.78, 5) is 24.9. The fourth-order valence-corrected chi connectivity index (χ4v) is 4.07. The van der Waals surface area contributed by atoms with Gasteiger partial charge in [0.25, 0.3) is 0 Å². The van der Waals surface area contributed by atoms with E-state index in [0.29, 0.717) is 28.5 Å². The molecule has 0 spiro atoms. The van der Waals surface area contributed by atoms with Crippen molar-refractivity contribution < 1.29 is 23.5 Å². The van der Waals surface area contributed by atoms with Gasteiger partial charge in [0.1, 0.15) is 11.9 Å². The molecule has 1 aliphatic heterocycles. The van der Waals surface area contributed by atoms with Crippen LogP contribution in [0.4, 0.5) is 10.1 Å². The van der Waals surface area contributed by atoms with Crippen LogP contribution in [0.1, 0.15) is 5.56 Å². The number of carbonyl (C=O) groups is 2. The van der Waals surface area contributed by atoms with Crippen molar-refractivity contribution >= 4 is 29.3 Å². The van der Waals surface area contributed by atoms with Gasteiger partial charge in [-0.2, -0.15) is 0 Å². The van der Waals surface area contributed by atoms with Crippen LogP contribution in [0.15, 0.2) is 42.5 Å². The maximum Gasteiger partial charge on any atom is 0.247 e. The van der Waals surface area contributed by atoms with E-state index in [1.54, 1.807) is 36.4 Å². The van der Waals surface area contributed by atoms with Crippen LogP contribution in [-0.2, 0) is 16.0 Å². The third-order valence-electron chi connectivity index (χ3n) is 4.40. The Morgan fingerprint density at radius 3 is 2.64 bits per heavy atom. The lowest BCUT2D eigenvalue weighted by atomic mass is 10.1. The highest BCUT2D eigenvalue weighted by Crippen LogP contribution is 2.30. The number of anilines is 1. The maximum atomic E-state index is 13.8. The van der Waals surface area contributed by atoms with Gasteiger partial charge < -0.3 is 20.1 Å². The van der Waals surface area contributed by atoms with E-state index in [1.807, 2.05) is 0 Å². The summed E-state index contributed by atoms with van der Waals surface area (Å²) >= 11 is 1.35. The smallest absolute Gasteiger partial charge is 0.247 e. The minimum atomic E-state index is -0.664. The van der Waals surface area contributed by atoms with Gasteiger partial charge in [-0.15, -0.1) is 11.8 Å². The number of amides is 2. The quantitative estimate of drug-likeness (QED) is 0.774. The monoisotopic (exact) mass is 404 g/mol. The average molecular weight is 404 g/mol. The number of thioether (sulfide) groups is 1. The topological polar surface area (TPSA) is 76.7 Å². The van der Waals surface area contributed by atoms with Crippen LogP contribution in [-0.4, -0.2) is 43.1 Å². The van der Waals surface area contributed by atoms with Crippen molar-refractivity contribution in [3.63, 3.8) is 0 Å². The fourth-order valence-electron chi connectivity index (χ4n) is 2.89. The Kier molecular flexibility index (Phi) is 6.41. The Bertz CT molecular complexity index is 877. The largest absolute Gasteiger partial charge is 0.493 e. The van der Waals surface area contributed by atoms with E-state index in [9.17, 15) is 14.0 Å². The summed E-state index contributed by atoms with van der Waals surface area (Å²) in [6.07, 6.45) is 0.285. The summed E-state index contributed by atoms with van der Waals surface area (Å²) in [6, 6.07) is 10.8. The van der Waals surface area contributed by atoms with E-state index >= 15 is 0 Å². The molecule has 0 radical (unpaired) electrons. The average Bonchev–Trinajstić information content (AvgIpc) is 2.70. The lowest BCUT2D eigenvalue weighted by Crippen LogP contribution is -2.52. The molecule has 0 aromatic heterocycles. The second kappa shape index (κ2) is 8.97. The number of methoxy groups -OCH3 is 2. The Labute approximate surface area is 166 Å². The molecule has 28 heavy (non-hydrogen) atoms. The van der Waals surface area contributed by atoms with Crippen LogP contribution in [0.5, 0.6) is 11.5 Å². The summed E-state index contributed by atoms with van der Waals surface area (Å²) in [5, 5.41) is 5.07. The molecule has 8 heteroatoms. The van der Waals surface area contributed by atoms with Gasteiger partial charge in [0.05, 0.1) is 19.5 Å². The molecule has 1 fully saturated rings. The number of carbonyl (C=O) groups excluding carboxylic acids is 2. The highest BCUT2D eigenvalue weighted by molar-refractivity contribution is 8.00. The Morgan fingerprint density at radius 2 is 1.96 bits per heavy atom. The molecule has 1 heterocycles. The molecule has 0 bridgehead atoms. The van der Waals surface area contributed by atoms with Crippen LogP contribution in [0, 0.1) is 5.82 Å². The summed E-state index contributed by atoms with van der Waals surface area (Å²) in [7, 11) is 3.04. The molecule has 2 aromatic rings. The number of nitrogens with one attached hydrogen (secondary N) is 2. The fraction of sp³-hybridized carbons (Fsp3) is 0.300. The zero-order valence-corrected chi connectivity index (χ0v) is 16.3. The van der Waals surface area contributed by atoms with Crippen molar-refractivity contribution in [3.8, 4) is 11.5 Å². The van der Waals surface area contributed by atoms with E-state index in [0.717, 1.165) is 0 Å². The number of rotatable bonds is 6. The van der Waals surface area contributed by atoms with Gasteiger partial charge in [-0.1, -0.05) is 18.2 Å². The van der Waals surface area contributed by atoms with Crippen LogP contribution in [0.25, 0.3) is 0 Å². The molecule has 2 aromatic carbocycles. The molecule has 2 atom stereocenters. The maximum absolute atomic E-state index is 13.8. The first kappa shape index (κ1) is 20.0. The molecular weight excluding hydrogens is 383 g/mol. The lowest BCUT2D eigenvalue weighted by molar-refractivity contribution is -0.126. The minimum absolute atomic E-state index is 0.271. The summed E-state index contributed by atoms with van der Waals surface area (Å²) < 4.78 is 24.2. The second-order valence-electron chi connectivity index (χ2n) is 6.24. The number of hydrogen-bond acceptors (Lipinski definition) is 5. The predicted molar refractivity (Wildman–Crippen MR) is 106 cm³/mol. The van der Waals surface area contributed by atoms with Gasteiger partial charge in [0.2, 0.25) is 11.8 Å². The third kappa shape index (κ3) is 4.56. The molecule has 0 aliphatic carbocycles. The highest BCUT2D eigenvalue weighted by Gasteiger charge is 2.32. The van der Waals surface area contributed by atoms with Crippen molar-refractivity contribution in [1.29, 1.82) is 0 Å². The van der Waals surface area contributed by atoms with Crippen LogP contribution in [0.3, 0.4) is 0 Å². The van der Waals surface area contributed by atoms with E-state index in [-0.39, 0.29) is 24.1 Å². The molecule has 1 aliphatic rings. The van der Waals surface area contributed by atoms with Gasteiger partial charge >= 0.3 is 0 Å². The van der Waals surface area contributed by atoms with Crippen molar-refractivity contribution in [2.75, 3.05) is 25.3 Å². The zero-order valence-electron chi connectivity index (χ0n) is 15.5. The summed E-state index contributed by atoms with van der Waals surface area (Å²) in [5.74, 6) is 0.531. The minimum Gasteiger partial charge on any atom is -0.493 e. The van der Waals surface area contributed by atoms with Gasteiger partial charge in [-0.25, -0.2) is 4.39 Å². The van der Waals surface area contributed by atoms with Crippen molar-refractivity contribution in [2.24, 2.45) is 0 Å². The Hall–Kier alpha value is -2.74. The lowest BCUT2D eigenvalue weighted by Gasteiger charge is -2.28. The number of benzene rings is 2. The van der Waals surface area contributed by atoms with Crippen molar-refractivity contribution in [3.05, 3.63) is 53.8 Å². The highest BCUT2D eigenvalue weighted by atomic mass is 32.2. The Balaban J connectivity index is 1.60. The van der Waals surface area contributed by atoms with Crippen molar-refractivity contribution in [1.82, 2.24) is 5.32 Å². The SMILES string of the molecule is COc1ccc(NC(=O)C2CSC(Cc3ccccc3F)C(=O)N2)cc1OC. The van der Waals surface area contributed by atoms with Gasteiger partial charge in [-0.05, 0) is 30.2 Å². The van der Waals surface area contributed by atoms with Crippen molar-refractivity contribution in [2.45, 2.75) is 17.7 Å². The number of halogens is 1. The molecule has 2 unspecified atom stereocenters. The number of ether oxygens (including phenoxy) is 2. The molecule has 0 saturated carbocycles. The van der Waals surface area contributed by atoms with E-state index in [4.69, 9.17) is 9.47 Å². The second-order valence-corrected chi connectivity index (χ2v) is 7.47. The summed E-state index contributed by atoms with van der Waals surface area (Å²) in [5.41, 5.74) is 1.03. The molecule has 2 N–H and O–H groups in total. The molecule has 3 rings (SSSR count). The molecule has 148 valence electrons. The predicted octanol–water partition coefficient (Wildman–Crippen LogP) is 2.62. The Morgan fingerprint density at radius 1 is 1.21 bits per heavy atom. The van der Waals surface area contributed by atoms with Crippen LogP contribution in [0.2, 0.25) is 0 Å². The third-order valence-corrected chi connectivity index (χ3v) is 5.71. The normalized spacial score (nSPS) is 18.9. The van der Waals surface area contributed by atoms with Crippen LogP contribution >= 0.6 is 11.8 Å². The van der Waals surface area contributed by atoms with E-state index in [2.05, 4.69) is 10.6 Å². The zero-order chi connectivity index (χ0) is 20.1. The number of hydrogen-bond donors (Lipinski definition) is 2. The molecule has 6 nitrogen and oxygen atoms in total. The molecule has 2 amide bonds. The van der Waals surface area contributed by atoms with E-state index < -0.39 is 11.3 Å². The van der Waals surface area contributed by atoms with Gasteiger partial charge in [-0.3, -0.25) is 9.59 Å². The van der Waals surface area contributed by atoms with Crippen LogP contribution < -0.4 is 20.1 Å². The van der Waals surface area contributed by atoms with Gasteiger partial charge in [0, 0.05) is 17.5 Å². The first-order valence-corrected chi connectivity index (χ1v) is 9.75. The van der Waals surface area contributed by atoms with E-state index in [1.165, 1.54) is 32.0 Å². The summed E-state index contributed by atoms with van der Waals surface area (Å²) in [6.45, 7) is 0. The molecular formula is C20H21FN2O4S. The van der Waals surface area contributed by atoms with Gasteiger partial charge in [0.15, 0.2) is 11.5 Å². The molecule has 1 saturated heterocycles. The standard InChI is InChI=1S/C20H21FN2O4S/c1-26-16-8-7-13(10-17(16)27-2)22-19(24)15-11-28-18(20(25)23-15)9-12-5-3-4-6-14(12)21/h3-8,10,15,18H,9,11H2,1-2H3,(H,22,24)(H,23,25). The first-order chi connectivity index (χ1) is 13.5. The first-order valence-electron chi connectivity index (χ1n) is 8.70.